The molecule has 0 spiro atoms. The topological polar surface area (TPSA) is 50.9 Å². The van der Waals surface area contributed by atoms with Crippen molar-refractivity contribution in [3.05, 3.63) is 59.4 Å². The van der Waals surface area contributed by atoms with Crippen molar-refractivity contribution in [1.29, 1.82) is 0 Å². The van der Waals surface area contributed by atoms with Crippen LogP contribution in [0.5, 0.6) is 0 Å². The van der Waals surface area contributed by atoms with E-state index in [9.17, 15) is 0 Å². The number of aromatic nitrogens is 1. The summed E-state index contributed by atoms with van der Waals surface area (Å²) >= 11 is 0. The van der Waals surface area contributed by atoms with E-state index in [2.05, 4.69) is 29.4 Å². The van der Waals surface area contributed by atoms with Gasteiger partial charge in [0.25, 0.3) is 0 Å². The van der Waals surface area contributed by atoms with Crippen LogP contribution in [0.1, 0.15) is 23.6 Å². The van der Waals surface area contributed by atoms with Crippen LogP contribution in [0, 0.1) is 0 Å². The molecule has 3 N–H and O–H groups in total. The van der Waals surface area contributed by atoms with Gasteiger partial charge in [0.1, 0.15) is 0 Å². The van der Waals surface area contributed by atoms with Gasteiger partial charge in [-0.3, -0.25) is 4.98 Å². The van der Waals surface area contributed by atoms with E-state index in [4.69, 9.17) is 5.73 Å². The number of hydrogen-bond acceptors (Lipinski definition) is 3. The fourth-order valence-electron chi connectivity index (χ4n) is 2.10. The highest BCUT2D eigenvalue weighted by Gasteiger charge is 2.03. The van der Waals surface area contributed by atoms with E-state index in [1.807, 2.05) is 24.4 Å². The molecular formula is C15H19N3. The highest BCUT2D eigenvalue weighted by atomic mass is 14.9. The van der Waals surface area contributed by atoms with Gasteiger partial charge in [0.15, 0.2) is 0 Å². The first-order chi connectivity index (χ1) is 8.81. The van der Waals surface area contributed by atoms with Crippen LogP contribution in [0.2, 0.25) is 0 Å². The van der Waals surface area contributed by atoms with Crippen LogP contribution < -0.4 is 11.1 Å². The third-order valence-electron chi connectivity index (χ3n) is 3.03. The molecule has 3 heteroatoms. The van der Waals surface area contributed by atoms with Gasteiger partial charge >= 0.3 is 0 Å². The van der Waals surface area contributed by atoms with E-state index in [1.165, 1.54) is 16.7 Å². The Kier molecular flexibility index (Phi) is 4.31. The Bertz CT molecular complexity index is 494. The lowest BCUT2D eigenvalue weighted by Crippen LogP contribution is -2.14. The molecule has 0 radical (unpaired) electrons. The molecule has 2 aromatic rings. The Labute approximate surface area is 108 Å². The van der Waals surface area contributed by atoms with E-state index in [0.717, 1.165) is 25.2 Å². The van der Waals surface area contributed by atoms with Crippen molar-refractivity contribution in [3.63, 3.8) is 0 Å². The minimum atomic E-state index is 0.825. The first-order valence-electron chi connectivity index (χ1n) is 6.27. The number of anilines is 1. The molecule has 0 aliphatic carbocycles. The lowest BCUT2D eigenvalue weighted by atomic mass is 10.0. The molecule has 0 aliphatic rings. The quantitative estimate of drug-likeness (QED) is 0.791. The van der Waals surface area contributed by atoms with Gasteiger partial charge in [0, 0.05) is 31.2 Å². The van der Waals surface area contributed by atoms with Crippen molar-refractivity contribution in [2.24, 2.45) is 0 Å². The molecular weight excluding hydrogens is 222 g/mol. The van der Waals surface area contributed by atoms with E-state index in [1.54, 1.807) is 6.20 Å². The van der Waals surface area contributed by atoms with Crippen molar-refractivity contribution in [2.45, 2.75) is 26.4 Å². The molecule has 0 saturated heterocycles. The van der Waals surface area contributed by atoms with E-state index in [0.29, 0.717) is 0 Å². The second-order valence-electron chi connectivity index (χ2n) is 4.30. The summed E-state index contributed by atoms with van der Waals surface area (Å²) in [4.78, 5) is 4.10. The number of rotatable bonds is 5. The average molecular weight is 241 g/mol. The number of hydrogen-bond donors (Lipinski definition) is 2. The highest BCUT2D eigenvalue weighted by molar-refractivity contribution is 5.50. The lowest BCUT2D eigenvalue weighted by Gasteiger charge is -2.11. The summed E-state index contributed by atoms with van der Waals surface area (Å²) in [6, 6.07) is 10.1. The molecule has 18 heavy (non-hydrogen) atoms. The Balaban J connectivity index is 1.96. The molecule has 0 aliphatic heterocycles. The summed E-state index contributed by atoms with van der Waals surface area (Å²) in [7, 11) is 0. The maximum absolute atomic E-state index is 5.98. The third-order valence-corrected chi connectivity index (χ3v) is 3.03. The molecule has 1 aromatic carbocycles. The average Bonchev–Trinajstić information content (AvgIpc) is 2.40. The number of nitrogens with one attached hydrogen (secondary N) is 1. The molecule has 0 bridgehead atoms. The predicted octanol–water partition coefficient (Wildman–Crippen LogP) is 2.52. The third kappa shape index (κ3) is 3.08. The largest absolute Gasteiger partial charge is 0.398 e. The van der Waals surface area contributed by atoms with Crippen LogP contribution in [-0.4, -0.2) is 4.98 Å². The van der Waals surface area contributed by atoms with Gasteiger partial charge in [-0.1, -0.05) is 25.1 Å². The minimum Gasteiger partial charge on any atom is -0.398 e. The highest BCUT2D eigenvalue weighted by Crippen LogP contribution is 2.17. The second kappa shape index (κ2) is 6.17. The first kappa shape index (κ1) is 12.6. The summed E-state index contributed by atoms with van der Waals surface area (Å²) in [5.41, 5.74) is 10.6. The van der Waals surface area contributed by atoms with Gasteiger partial charge < -0.3 is 11.1 Å². The molecule has 94 valence electrons. The zero-order chi connectivity index (χ0) is 12.8. The molecule has 2 rings (SSSR count). The molecule has 0 unspecified atom stereocenters. The van der Waals surface area contributed by atoms with Crippen molar-refractivity contribution in [2.75, 3.05) is 5.73 Å². The SMILES string of the molecule is CCc1c(N)cccc1CNCc1cccnc1. The number of nitrogens with zero attached hydrogens (tertiary/aromatic N) is 1. The Hall–Kier alpha value is -1.87. The molecule has 1 aromatic heterocycles. The van der Waals surface area contributed by atoms with Crippen molar-refractivity contribution < 1.29 is 0 Å². The van der Waals surface area contributed by atoms with Gasteiger partial charge in [0.2, 0.25) is 0 Å². The summed E-state index contributed by atoms with van der Waals surface area (Å²) in [5, 5.41) is 3.42. The van der Waals surface area contributed by atoms with Crippen molar-refractivity contribution in [1.82, 2.24) is 10.3 Å². The zero-order valence-electron chi connectivity index (χ0n) is 10.7. The standard InChI is InChI=1S/C15H19N3/c1-2-14-13(6-3-7-15(14)16)11-18-10-12-5-4-8-17-9-12/h3-9,18H,2,10-11,16H2,1H3. The maximum Gasteiger partial charge on any atom is 0.0349 e. The fraction of sp³-hybridized carbons (Fsp3) is 0.267. The summed E-state index contributed by atoms with van der Waals surface area (Å²) in [6.07, 6.45) is 4.64. The van der Waals surface area contributed by atoms with Crippen LogP contribution >= 0.6 is 0 Å². The van der Waals surface area contributed by atoms with Crippen molar-refractivity contribution >= 4 is 5.69 Å². The van der Waals surface area contributed by atoms with Crippen LogP contribution in [0.15, 0.2) is 42.7 Å². The minimum absolute atomic E-state index is 0.825. The molecule has 0 atom stereocenters. The van der Waals surface area contributed by atoms with E-state index in [-0.39, 0.29) is 0 Å². The summed E-state index contributed by atoms with van der Waals surface area (Å²) < 4.78 is 0. The number of nitrogen functional groups attached to an aromatic ring is 1. The molecule has 0 fully saturated rings. The Morgan fingerprint density at radius 1 is 1.17 bits per heavy atom. The predicted molar refractivity (Wildman–Crippen MR) is 75.0 cm³/mol. The normalized spacial score (nSPS) is 10.5. The van der Waals surface area contributed by atoms with Crippen LogP contribution in [0.4, 0.5) is 5.69 Å². The van der Waals surface area contributed by atoms with Crippen LogP contribution in [0.3, 0.4) is 0 Å². The van der Waals surface area contributed by atoms with E-state index >= 15 is 0 Å². The number of benzene rings is 1. The monoisotopic (exact) mass is 241 g/mol. The van der Waals surface area contributed by atoms with Gasteiger partial charge in [-0.25, -0.2) is 0 Å². The van der Waals surface area contributed by atoms with Crippen LogP contribution in [0.25, 0.3) is 0 Å². The second-order valence-corrected chi connectivity index (χ2v) is 4.30. The molecule has 0 amide bonds. The number of nitrogens with two attached hydrogens (primary N) is 1. The van der Waals surface area contributed by atoms with Gasteiger partial charge in [-0.15, -0.1) is 0 Å². The smallest absolute Gasteiger partial charge is 0.0349 e. The Morgan fingerprint density at radius 3 is 2.78 bits per heavy atom. The van der Waals surface area contributed by atoms with E-state index < -0.39 is 0 Å². The van der Waals surface area contributed by atoms with Gasteiger partial charge in [-0.2, -0.15) is 0 Å². The van der Waals surface area contributed by atoms with Gasteiger partial charge in [-0.05, 0) is 35.2 Å². The zero-order valence-corrected chi connectivity index (χ0v) is 10.7. The summed E-state index contributed by atoms with van der Waals surface area (Å²) in [6.45, 7) is 3.80. The Morgan fingerprint density at radius 2 is 2.06 bits per heavy atom. The molecule has 1 heterocycles. The molecule has 3 nitrogen and oxygen atoms in total. The van der Waals surface area contributed by atoms with Gasteiger partial charge in [0.05, 0.1) is 0 Å². The maximum atomic E-state index is 5.98. The van der Waals surface area contributed by atoms with Crippen molar-refractivity contribution in [3.8, 4) is 0 Å². The first-order valence-corrected chi connectivity index (χ1v) is 6.27. The number of pyridine rings is 1. The lowest BCUT2D eigenvalue weighted by molar-refractivity contribution is 0.687. The molecule has 0 saturated carbocycles. The fourth-order valence-corrected chi connectivity index (χ4v) is 2.10. The summed E-state index contributed by atoms with van der Waals surface area (Å²) in [5.74, 6) is 0. The van der Waals surface area contributed by atoms with Crippen LogP contribution in [-0.2, 0) is 19.5 Å².